The lowest BCUT2D eigenvalue weighted by Crippen LogP contribution is -2.60. The van der Waals surface area contributed by atoms with Gasteiger partial charge in [-0.15, -0.1) is 0 Å². The molecule has 0 bridgehead atoms. The van der Waals surface area contributed by atoms with Crippen molar-refractivity contribution >= 4 is 15.9 Å². The van der Waals surface area contributed by atoms with Crippen LogP contribution in [0.25, 0.3) is 0 Å². The summed E-state index contributed by atoms with van der Waals surface area (Å²) < 4.78 is 38.1. The molecule has 0 aromatic carbocycles. The van der Waals surface area contributed by atoms with Gasteiger partial charge in [0.2, 0.25) is 15.9 Å². The highest BCUT2D eigenvalue weighted by molar-refractivity contribution is 7.90. The Morgan fingerprint density at radius 1 is 1.37 bits per heavy atom. The van der Waals surface area contributed by atoms with Gasteiger partial charge in [0, 0.05) is 32.1 Å². The number of nitrogens with zero attached hydrogens (tertiary/aromatic N) is 3. The van der Waals surface area contributed by atoms with Crippen molar-refractivity contribution in [1.82, 2.24) is 19.6 Å². The van der Waals surface area contributed by atoms with Crippen molar-refractivity contribution in [3.05, 3.63) is 18.1 Å². The summed E-state index contributed by atoms with van der Waals surface area (Å²) in [5.41, 5.74) is 0.597. The largest absolute Gasteiger partial charge is 0.466 e. The molecule has 2 atom stereocenters. The number of hydrogen-bond donors (Lipinski definition) is 1. The summed E-state index contributed by atoms with van der Waals surface area (Å²) in [7, 11) is -1.92. The summed E-state index contributed by atoms with van der Waals surface area (Å²) in [6.07, 6.45) is 4.39. The summed E-state index contributed by atoms with van der Waals surface area (Å²) in [6, 6.07) is -0.787. The van der Waals surface area contributed by atoms with Crippen molar-refractivity contribution in [2.45, 2.75) is 50.9 Å². The van der Waals surface area contributed by atoms with Gasteiger partial charge in [-0.2, -0.15) is 0 Å². The number of piperidine rings is 1. The highest BCUT2D eigenvalue weighted by Crippen LogP contribution is 2.20. The first-order valence-corrected chi connectivity index (χ1v) is 10.5. The first-order chi connectivity index (χ1) is 12.8. The van der Waals surface area contributed by atoms with Crippen LogP contribution in [-0.4, -0.2) is 73.4 Å². The van der Waals surface area contributed by atoms with Crippen LogP contribution in [0.3, 0.4) is 0 Å². The van der Waals surface area contributed by atoms with Gasteiger partial charge in [0.05, 0.1) is 23.6 Å². The molecule has 1 aromatic rings. The van der Waals surface area contributed by atoms with Crippen molar-refractivity contribution in [3.8, 4) is 5.88 Å². The van der Waals surface area contributed by atoms with Crippen LogP contribution in [0.15, 0.2) is 12.4 Å². The number of amides is 1. The fourth-order valence-electron chi connectivity index (χ4n) is 2.98. The number of carbonyl (C=O) groups is 1. The molecule has 1 N–H and O–H groups in total. The number of aromatic nitrogens is 2. The average Bonchev–Trinajstić information content (AvgIpc) is 2.62. The molecule has 2 unspecified atom stereocenters. The monoisotopic (exact) mass is 400 g/mol. The summed E-state index contributed by atoms with van der Waals surface area (Å²) in [5.74, 6) is 0.0683. The van der Waals surface area contributed by atoms with Gasteiger partial charge in [-0.3, -0.25) is 9.78 Å². The Balaban J connectivity index is 2.09. The molecule has 10 heteroatoms. The maximum atomic E-state index is 12.7. The Morgan fingerprint density at radius 3 is 2.70 bits per heavy atom. The van der Waals surface area contributed by atoms with Gasteiger partial charge in [0.25, 0.3) is 5.91 Å². The van der Waals surface area contributed by atoms with Gasteiger partial charge < -0.3 is 14.4 Å². The topological polar surface area (TPSA) is 111 Å². The number of nitrogens with one attached hydrogen (secondary N) is 1. The number of likely N-dealkylation sites (tertiary alicyclic amines) is 1. The van der Waals surface area contributed by atoms with Crippen molar-refractivity contribution < 1.29 is 22.7 Å². The normalized spacial score (nSPS) is 20.7. The predicted molar refractivity (Wildman–Crippen MR) is 99.9 cm³/mol. The summed E-state index contributed by atoms with van der Waals surface area (Å²) in [6.45, 7) is 5.56. The maximum absolute atomic E-state index is 12.7. The highest BCUT2D eigenvalue weighted by Gasteiger charge is 2.37. The molecule has 1 fully saturated rings. The number of methoxy groups -OCH3 is 1. The molecule has 1 amide bonds. The third kappa shape index (κ3) is 5.60. The van der Waals surface area contributed by atoms with Crippen LogP contribution < -0.4 is 9.46 Å². The minimum absolute atomic E-state index is 0.191. The van der Waals surface area contributed by atoms with E-state index in [1.54, 1.807) is 31.9 Å². The minimum Gasteiger partial charge on any atom is -0.466 e. The number of carbonyl (C=O) groups excluding carboxylic acids is 1. The number of aryl methyl sites for hydroxylation is 1. The van der Waals surface area contributed by atoms with Crippen LogP contribution in [0, 0.1) is 6.92 Å². The Labute approximate surface area is 160 Å². The fraction of sp³-hybridized carbons (Fsp3) is 0.706. The Bertz CT molecular complexity index is 741. The molecule has 1 aliphatic rings. The smallest absolute Gasteiger partial charge is 0.260 e. The Hall–Kier alpha value is -1.78. The summed E-state index contributed by atoms with van der Waals surface area (Å²) >= 11 is 0. The van der Waals surface area contributed by atoms with Gasteiger partial charge in [0.1, 0.15) is 0 Å². The van der Waals surface area contributed by atoms with Crippen LogP contribution in [0.2, 0.25) is 0 Å². The summed E-state index contributed by atoms with van der Waals surface area (Å²) in [4.78, 5) is 22.5. The van der Waals surface area contributed by atoms with E-state index in [1.807, 2.05) is 0 Å². The Morgan fingerprint density at radius 2 is 2.07 bits per heavy atom. The van der Waals surface area contributed by atoms with E-state index in [-0.39, 0.29) is 19.1 Å². The molecule has 0 radical (unpaired) electrons. The van der Waals surface area contributed by atoms with Gasteiger partial charge >= 0.3 is 0 Å². The molecule has 1 saturated heterocycles. The fourth-order valence-corrected chi connectivity index (χ4v) is 3.95. The van der Waals surface area contributed by atoms with Crippen molar-refractivity contribution in [3.63, 3.8) is 0 Å². The second-order valence-corrected chi connectivity index (χ2v) is 9.07. The zero-order chi connectivity index (χ0) is 20.0. The second kappa shape index (κ2) is 9.43. The SMILES string of the molecule is COCC1C(NS(=O)(=O)C(C)C)CCCN1C(=O)COc1nccnc1C. The molecular weight excluding hydrogens is 372 g/mol. The van der Waals surface area contributed by atoms with E-state index in [4.69, 9.17) is 9.47 Å². The van der Waals surface area contributed by atoms with Crippen molar-refractivity contribution in [1.29, 1.82) is 0 Å². The van der Waals surface area contributed by atoms with E-state index < -0.39 is 27.4 Å². The van der Waals surface area contributed by atoms with Gasteiger partial charge in [-0.25, -0.2) is 18.1 Å². The Kier molecular flexibility index (Phi) is 7.51. The van der Waals surface area contributed by atoms with Gasteiger partial charge in [0.15, 0.2) is 6.61 Å². The molecule has 27 heavy (non-hydrogen) atoms. The lowest BCUT2D eigenvalue weighted by atomic mass is 9.97. The molecule has 152 valence electrons. The molecule has 0 spiro atoms. The van der Waals surface area contributed by atoms with E-state index in [1.165, 1.54) is 13.3 Å². The molecule has 9 nitrogen and oxygen atoms in total. The second-order valence-electron chi connectivity index (χ2n) is 6.81. The molecule has 2 heterocycles. The molecule has 1 aromatic heterocycles. The van der Waals surface area contributed by atoms with E-state index in [2.05, 4.69) is 14.7 Å². The molecule has 1 aliphatic heterocycles. The van der Waals surface area contributed by atoms with E-state index in [0.29, 0.717) is 31.0 Å². The van der Waals surface area contributed by atoms with Gasteiger partial charge in [-0.05, 0) is 33.6 Å². The predicted octanol–water partition coefficient (Wildman–Crippen LogP) is 0.498. The minimum atomic E-state index is -3.45. The van der Waals surface area contributed by atoms with Crippen LogP contribution >= 0.6 is 0 Å². The number of rotatable bonds is 8. The quantitative estimate of drug-likeness (QED) is 0.676. The molecule has 0 saturated carbocycles. The standard InChI is InChI=1S/C17H28N4O5S/c1-12(2)27(23,24)20-14-6-5-9-21(15(14)10-25-4)16(22)11-26-17-13(3)18-7-8-19-17/h7-8,12,14-15,20H,5-6,9-11H2,1-4H3. The van der Waals surface area contributed by atoms with E-state index in [9.17, 15) is 13.2 Å². The number of hydrogen-bond acceptors (Lipinski definition) is 7. The molecule has 2 rings (SSSR count). The third-order valence-corrected chi connectivity index (χ3v) is 6.41. The first kappa shape index (κ1) is 21.5. The zero-order valence-corrected chi connectivity index (χ0v) is 17.0. The summed E-state index contributed by atoms with van der Waals surface area (Å²) in [5, 5.41) is -0.547. The van der Waals surface area contributed by atoms with Crippen LogP contribution in [-0.2, 0) is 19.6 Å². The molecular formula is C17H28N4O5S. The lowest BCUT2D eigenvalue weighted by Gasteiger charge is -2.41. The van der Waals surface area contributed by atoms with E-state index >= 15 is 0 Å². The van der Waals surface area contributed by atoms with Crippen molar-refractivity contribution in [2.75, 3.05) is 26.9 Å². The maximum Gasteiger partial charge on any atom is 0.260 e. The van der Waals surface area contributed by atoms with Crippen LogP contribution in [0.5, 0.6) is 5.88 Å². The van der Waals surface area contributed by atoms with Gasteiger partial charge in [-0.1, -0.05) is 0 Å². The molecule has 0 aliphatic carbocycles. The van der Waals surface area contributed by atoms with Crippen LogP contribution in [0.4, 0.5) is 0 Å². The zero-order valence-electron chi connectivity index (χ0n) is 16.2. The number of sulfonamides is 1. The van der Waals surface area contributed by atoms with Crippen LogP contribution in [0.1, 0.15) is 32.4 Å². The first-order valence-electron chi connectivity index (χ1n) is 8.96. The average molecular weight is 401 g/mol. The highest BCUT2D eigenvalue weighted by atomic mass is 32.2. The van der Waals surface area contributed by atoms with Crippen molar-refractivity contribution in [2.24, 2.45) is 0 Å². The number of ether oxygens (including phenoxy) is 2. The lowest BCUT2D eigenvalue weighted by molar-refractivity contribution is -0.139. The van der Waals surface area contributed by atoms with E-state index in [0.717, 1.165) is 0 Å². The third-order valence-electron chi connectivity index (χ3n) is 4.54.